The lowest BCUT2D eigenvalue weighted by atomic mass is 10.2. The molecule has 2 N–H and O–H groups in total. The van der Waals surface area contributed by atoms with Crippen LogP contribution in [0.1, 0.15) is 5.56 Å². The molecular weight excluding hydrogens is 335 g/mol. The molecule has 0 aliphatic carbocycles. The van der Waals surface area contributed by atoms with Crippen molar-refractivity contribution in [1.29, 1.82) is 0 Å². The van der Waals surface area contributed by atoms with E-state index in [9.17, 15) is 9.18 Å². The molecule has 0 bridgehead atoms. The van der Waals surface area contributed by atoms with Gasteiger partial charge in [-0.1, -0.05) is 54.2 Å². The zero-order valence-corrected chi connectivity index (χ0v) is 14.2. The Labute approximate surface area is 150 Å². The van der Waals surface area contributed by atoms with E-state index in [1.54, 1.807) is 23.9 Å². The lowest BCUT2D eigenvalue weighted by Crippen LogP contribution is -2.28. The number of para-hydroxylation sites is 1. The van der Waals surface area contributed by atoms with Crippen molar-refractivity contribution < 1.29 is 9.18 Å². The van der Waals surface area contributed by atoms with Gasteiger partial charge in [0.25, 0.3) is 0 Å². The summed E-state index contributed by atoms with van der Waals surface area (Å²) in [5.41, 5.74) is 1.58. The van der Waals surface area contributed by atoms with E-state index in [1.807, 2.05) is 54.6 Å². The molecule has 0 unspecified atom stereocenters. The fraction of sp³-hybridized carbons (Fsp3) is 0.0500. The second kappa shape index (κ2) is 8.35. The summed E-state index contributed by atoms with van der Waals surface area (Å²) in [5, 5.41) is 5.64. The van der Waals surface area contributed by atoms with Gasteiger partial charge in [-0.25, -0.2) is 9.18 Å². The largest absolute Gasteiger partial charge is 0.334 e. The van der Waals surface area contributed by atoms with Gasteiger partial charge in [0.1, 0.15) is 5.82 Å². The van der Waals surface area contributed by atoms with Crippen molar-refractivity contribution in [3.8, 4) is 0 Å². The highest BCUT2D eigenvalue weighted by molar-refractivity contribution is 7.99. The highest BCUT2D eigenvalue weighted by atomic mass is 32.2. The van der Waals surface area contributed by atoms with Gasteiger partial charge >= 0.3 is 6.03 Å². The molecule has 0 spiro atoms. The SMILES string of the molecule is O=C(NCc1ccc(F)cc1)Nc1ccccc1Sc1ccccc1. The minimum atomic E-state index is -0.301. The number of hydrogen-bond donors (Lipinski definition) is 2. The summed E-state index contributed by atoms with van der Waals surface area (Å²) in [6.45, 7) is 0.333. The minimum Gasteiger partial charge on any atom is -0.334 e. The molecule has 0 radical (unpaired) electrons. The van der Waals surface area contributed by atoms with Gasteiger partial charge < -0.3 is 10.6 Å². The molecule has 0 heterocycles. The van der Waals surface area contributed by atoms with Crippen LogP contribution in [0.2, 0.25) is 0 Å². The van der Waals surface area contributed by atoms with Crippen molar-refractivity contribution in [1.82, 2.24) is 5.32 Å². The van der Waals surface area contributed by atoms with Crippen LogP contribution in [0.4, 0.5) is 14.9 Å². The van der Waals surface area contributed by atoms with Crippen molar-refractivity contribution in [3.05, 3.63) is 90.2 Å². The van der Waals surface area contributed by atoms with Gasteiger partial charge in [-0.3, -0.25) is 0 Å². The maximum atomic E-state index is 12.9. The Bertz CT molecular complexity index is 838. The predicted molar refractivity (Wildman–Crippen MR) is 99.3 cm³/mol. The number of benzene rings is 3. The second-order valence-electron chi connectivity index (χ2n) is 5.35. The third-order valence-corrected chi connectivity index (χ3v) is 4.56. The normalized spacial score (nSPS) is 10.3. The first-order valence-electron chi connectivity index (χ1n) is 7.82. The number of hydrogen-bond acceptors (Lipinski definition) is 2. The molecule has 0 aliphatic rings. The Balaban J connectivity index is 1.62. The summed E-state index contributed by atoms with van der Waals surface area (Å²) >= 11 is 1.59. The summed E-state index contributed by atoms with van der Waals surface area (Å²) in [5.74, 6) is -0.292. The first kappa shape index (κ1) is 17.0. The Morgan fingerprint density at radius 2 is 1.56 bits per heavy atom. The standard InChI is InChI=1S/C20H17FN2OS/c21-16-12-10-15(11-13-16)14-22-20(24)23-18-8-4-5-9-19(18)25-17-6-2-1-3-7-17/h1-13H,14H2,(H2,22,23,24). The molecular formula is C20H17FN2OS. The van der Waals surface area contributed by atoms with E-state index in [0.717, 1.165) is 21.0 Å². The van der Waals surface area contributed by atoms with Gasteiger partial charge in [0, 0.05) is 16.3 Å². The van der Waals surface area contributed by atoms with E-state index in [0.29, 0.717) is 6.54 Å². The van der Waals surface area contributed by atoms with Gasteiger partial charge in [-0.05, 0) is 42.0 Å². The Hall–Kier alpha value is -2.79. The maximum absolute atomic E-state index is 12.9. The monoisotopic (exact) mass is 352 g/mol. The zero-order valence-electron chi connectivity index (χ0n) is 13.4. The second-order valence-corrected chi connectivity index (χ2v) is 6.46. The van der Waals surface area contributed by atoms with Gasteiger partial charge in [-0.15, -0.1) is 0 Å². The maximum Gasteiger partial charge on any atom is 0.319 e. The topological polar surface area (TPSA) is 41.1 Å². The lowest BCUT2D eigenvalue weighted by Gasteiger charge is -2.12. The average molecular weight is 352 g/mol. The molecule has 3 aromatic carbocycles. The first-order valence-corrected chi connectivity index (χ1v) is 8.63. The number of halogens is 1. The number of anilines is 1. The number of carbonyl (C=O) groups is 1. The van der Waals surface area contributed by atoms with Crippen molar-refractivity contribution in [2.24, 2.45) is 0 Å². The zero-order chi connectivity index (χ0) is 17.5. The molecule has 2 amide bonds. The number of carbonyl (C=O) groups excluding carboxylic acids is 1. The molecule has 0 aliphatic heterocycles. The number of urea groups is 1. The first-order chi connectivity index (χ1) is 12.2. The van der Waals surface area contributed by atoms with Crippen molar-refractivity contribution >= 4 is 23.5 Å². The average Bonchev–Trinajstić information content (AvgIpc) is 2.64. The fourth-order valence-corrected chi connectivity index (χ4v) is 3.15. The van der Waals surface area contributed by atoms with Crippen LogP contribution in [0.25, 0.3) is 0 Å². The predicted octanol–water partition coefficient (Wildman–Crippen LogP) is 5.30. The smallest absolute Gasteiger partial charge is 0.319 e. The van der Waals surface area contributed by atoms with Crippen LogP contribution >= 0.6 is 11.8 Å². The van der Waals surface area contributed by atoms with E-state index < -0.39 is 0 Å². The molecule has 3 aromatic rings. The van der Waals surface area contributed by atoms with E-state index in [-0.39, 0.29) is 11.8 Å². The fourth-order valence-electron chi connectivity index (χ4n) is 2.23. The van der Waals surface area contributed by atoms with E-state index in [4.69, 9.17) is 0 Å². The van der Waals surface area contributed by atoms with Crippen molar-refractivity contribution in [2.75, 3.05) is 5.32 Å². The van der Waals surface area contributed by atoms with E-state index in [2.05, 4.69) is 10.6 Å². The van der Waals surface area contributed by atoms with Crippen LogP contribution in [0, 0.1) is 5.82 Å². The van der Waals surface area contributed by atoms with E-state index in [1.165, 1.54) is 12.1 Å². The Kier molecular flexibility index (Phi) is 5.69. The third-order valence-electron chi connectivity index (χ3n) is 3.47. The van der Waals surface area contributed by atoms with E-state index >= 15 is 0 Å². The summed E-state index contributed by atoms with van der Waals surface area (Å²) < 4.78 is 12.9. The van der Waals surface area contributed by atoms with Crippen LogP contribution in [-0.4, -0.2) is 6.03 Å². The lowest BCUT2D eigenvalue weighted by molar-refractivity contribution is 0.251. The molecule has 0 fully saturated rings. The van der Waals surface area contributed by atoms with Crippen molar-refractivity contribution in [3.63, 3.8) is 0 Å². The number of amides is 2. The molecule has 3 nitrogen and oxygen atoms in total. The molecule has 0 aromatic heterocycles. The van der Waals surface area contributed by atoms with Crippen LogP contribution in [0.5, 0.6) is 0 Å². The molecule has 5 heteroatoms. The number of nitrogens with one attached hydrogen (secondary N) is 2. The quantitative estimate of drug-likeness (QED) is 0.654. The van der Waals surface area contributed by atoms with Crippen LogP contribution in [0.3, 0.4) is 0 Å². The molecule has 0 saturated heterocycles. The van der Waals surface area contributed by atoms with Gasteiger partial charge in [0.15, 0.2) is 0 Å². The van der Waals surface area contributed by atoms with Crippen LogP contribution < -0.4 is 10.6 Å². The minimum absolute atomic E-state index is 0.292. The summed E-state index contributed by atoms with van der Waals surface area (Å²) in [6, 6.07) is 23.4. The Morgan fingerprint density at radius 3 is 2.32 bits per heavy atom. The molecule has 126 valence electrons. The van der Waals surface area contributed by atoms with Gasteiger partial charge in [0.05, 0.1) is 5.69 Å². The van der Waals surface area contributed by atoms with Crippen LogP contribution in [-0.2, 0) is 6.54 Å². The third kappa shape index (κ3) is 5.09. The number of rotatable bonds is 5. The highest BCUT2D eigenvalue weighted by Crippen LogP contribution is 2.33. The molecule has 3 rings (SSSR count). The summed E-state index contributed by atoms with van der Waals surface area (Å²) in [6.07, 6.45) is 0. The summed E-state index contributed by atoms with van der Waals surface area (Å²) in [7, 11) is 0. The summed E-state index contributed by atoms with van der Waals surface area (Å²) in [4.78, 5) is 14.2. The molecule has 25 heavy (non-hydrogen) atoms. The Morgan fingerprint density at radius 1 is 0.880 bits per heavy atom. The van der Waals surface area contributed by atoms with Crippen molar-refractivity contribution in [2.45, 2.75) is 16.3 Å². The highest BCUT2D eigenvalue weighted by Gasteiger charge is 2.07. The van der Waals surface area contributed by atoms with Gasteiger partial charge in [0.2, 0.25) is 0 Å². The van der Waals surface area contributed by atoms with Crippen LogP contribution in [0.15, 0.2) is 88.7 Å². The molecule has 0 atom stereocenters. The molecule has 0 saturated carbocycles. The van der Waals surface area contributed by atoms with Gasteiger partial charge in [-0.2, -0.15) is 0 Å².